The third-order valence-electron chi connectivity index (χ3n) is 5.51. The average molecular weight is 506 g/mol. The second kappa shape index (κ2) is 8.91. The molecule has 0 bridgehead atoms. The van der Waals surface area contributed by atoms with E-state index in [1.807, 2.05) is 0 Å². The summed E-state index contributed by atoms with van der Waals surface area (Å²) in [7, 11) is -4.82. The number of rotatable bonds is 5. The van der Waals surface area contributed by atoms with Crippen LogP contribution >= 0.6 is 15.9 Å². The maximum absolute atomic E-state index is 13.4. The van der Waals surface area contributed by atoms with Gasteiger partial charge in [0.25, 0.3) is 0 Å². The summed E-state index contributed by atoms with van der Waals surface area (Å²) in [4.78, 5) is 11.3. The number of carbonyl (C=O) groups is 1. The molecule has 0 spiro atoms. The SMILES string of the molecule is COC(=O)O[C@H]1C=C[C@@H](S(=O)(=O)c2ccccc2)[C@H](O[Si](C)(C)C(C)(C)C)[C@H]1Br. The molecule has 0 saturated carbocycles. The summed E-state index contributed by atoms with van der Waals surface area (Å²) < 4.78 is 43.2. The fourth-order valence-electron chi connectivity index (χ4n) is 2.76. The largest absolute Gasteiger partial charge is 0.508 e. The average Bonchev–Trinajstić information content (AvgIpc) is 2.64. The summed E-state index contributed by atoms with van der Waals surface area (Å²) in [5, 5.41) is -1.04. The molecule has 4 atom stereocenters. The van der Waals surface area contributed by atoms with Gasteiger partial charge in [0.1, 0.15) is 11.4 Å². The Morgan fingerprint density at radius 1 is 1.10 bits per heavy atom. The van der Waals surface area contributed by atoms with Crippen molar-refractivity contribution in [3.63, 3.8) is 0 Å². The smallest absolute Gasteiger partial charge is 0.438 e. The highest BCUT2D eigenvalue weighted by Gasteiger charge is 2.49. The normalized spacial score (nSPS) is 25.5. The van der Waals surface area contributed by atoms with Crippen LogP contribution in [0, 0.1) is 0 Å². The first-order valence-electron chi connectivity index (χ1n) is 9.35. The zero-order valence-corrected chi connectivity index (χ0v) is 21.0. The van der Waals surface area contributed by atoms with Gasteiger partial charge in [0.15, 0.2) is 18.2 Å². The number of methoxy groups -OCH3 is 1. The van der Waals surface area contributed by atoms with Crippen LogP contribution in [0.3, 0.4) is 0 Å². The van der Waals surface area contributed by atoms with E-state index in [4.69, 9.17) is 9.16 Å². The topological polar surface area (TPSA) is 78.9 Å². The van der Waals surface area contributed by atoms with Crippen molar-refractivity contribution < 1.29 is 27.1 Å². The second-order valence-corrected chi connectivity index (χ2v) is 16.5. The first-order valence-corrected chi connectivity index (χ1v) is 14.7. The Kier molecular flexibility index (Phi) is 7.41. The van der Waals surface area contributed by atoms with Crippen LogP contribution in [0.2, 0.25) is 18.1 Å². The predicted molar refractivity (Wildman–Crippen MR) is 119 cm³/mol. The maximum Gasteiger partial charge on any atom is 0.508 e. The van der Waals surface area contributed by atoms with Crippen molar-refractivity contribution in [2.45, 2.75) is 66.1 Å². The van der Waals surface area contributed by atoms with Gasteiger partial charge in [-0.05, 0) is 36.3 Å². The minimum absolute atomic E-state index is 0.124. The van der Waals surface area contributed by atoms with Crippen molar-refractivity contribution in [2.24, 2.45) is 0 Å². The monoisotopic (exact) mass is 504 g/mol. The van der Waals surface area contributed by atoms with E-state index in [9.17, 15) is 13.2 Å². The predicted octanol–water partition coefficient (Wildman–Crippen LogP) is 4.70. The quantitative estimate of drug-likeness (QED) is 0.250. The minimum Gasteiger partial charge on any atom is -0.438 e. The molecular weight excluding hydrogens is 476 g/mol. The van der Waals surface area contributed by atoms with Gasteiger partial charge in [-0.15, -0.1) is 0 Å². The number of hydrogen-bond acceptors (Lipinski definition) is 6. The minimum atomic E-state index is -3.71. The van der Waals surface area contributed by atoms with Gasteiger partial charge in [-0.3, -0.25) is 0 Å². The molecule has 1 aliphatic carbocycles. The fourth-order valence-corrected chi connectivity index (χ4v) is 7.04. The lowest BCUT2D eigenvalue weighted by atomic mass is 10.0. The molecule has 2 rings (SSSR count). The van der Waals surface area contributed by atoms with Gasteiger partial charge >= 0.3 is 6.16 Å². The van der Waals surface area contributed by atoms with Crippen LogP contribution in [-0.4, -0.2) is 52.3 Å². The molecule has 0 unspecified atom stereocenters. The highest BCUT2D eigenvalue weighted by Crippen LogP contribution is 2.41. The molecule has 1 aromatic rings. The van der Waals surface area contributed by atoms with Gasteiger partial charge in [-0.25, -0.2) is 13.2 Å². The molecule has 0 N–H and O–H groups in total. The molecule has 1 aromatic carbocycles. The standard InChI is InChI=1S/C20H29BrO6SSi/c1-20(2,3)29(5,6)27-18-16(28(23,24)14-10-8-7-9-11-14)13-12-15(17(18)21)26-19(22)25-4/h7-13,15-18H,1-6H3/t15-,16+,17-,18-/m0/s1. The highest BCUT2D eigenvalue weighted by molar-refractivity contribution is 9.09. The van der Waals surface area contributed by atoms with Gasteiger partial charge in [0.05, 0.1) is 22.9 Å². The first-order chi connectivity index (χ1) is 13.3. The third kappa shape index (κ3) is 5.31. The van der Waals surface area contributed by atoms with Crippen molar-refractivity contribution >= 4 is 40.2 Å². The molecule has 6 nitrogen and oxygen atoms in total. The zero-order valence-electron chi connectivity index (χ0n) is 17.6. The lowest BCUT2D eigenvalue weighted by Crippen LogP contribution is -2.55. The van der Waals surface area contributed by atoms with Crippen LogP contribution in [0.4, 0.5) is 4.79 Å². The van der Waals surface area contributed by atoms with Gasteiger partial charge in [0, 0.05) is 0 Å². The molecule has 29 heavy (non-hydrogen) atoms. The Morgan fingerprint density at radius 3 is 2.21 bits per heavy atom. The maximum atomic E-state index is 13.4. The van der Waals surface area contributed by atoms with Crippen molar-refractivity contribution in [3.05, 3.63) is 42.5 Å². The molecule has 162 valence electrons. The molecule has 0 aromatic heterocycles. The van der Waals surface area contributed by atoms with Crippen LogP contribution in [0.5, 0.6) is 0 Å². The molecular formula is C20H29BrO6SSi. The number of halogens is 1. The Labute approximate surface area is 182 Å². The lowest BCUT2D eigenvalue weighted by Gasteiger charge is -2.44. The third-order valence-corrected chi connectivity index (χ3v) is 13.1. The summed E-state index contributed by atoms with van der Waals surface area (Å²) in [6.07, 6.45) is 0.859. The molecule has 0 saturated heterocycles. The van der Waals surface area contributed by atoms with Crippen molar-refractivity contribution in [1.82, 2.24) is 0 Å². The Morgan fingerprint density at radius 2 is 1.69 bits per heavy atom. The summed E-state index contributed by atoms with van der Waals surface area (Å²) in [6, 6.07) is 8.31. The number of hydrogen-bond donors (Lipinski definition) is 0. The molecule has 0 radical (unpaired) electrons. The molecule has 0 amide bonds. The van der Waals surface area contributed by atoms with Crippen molar-refractivity contribution in [1.29, 1.82) is 0 Å². The Hall–Kier alpha value is -1.16. The zero-order chi connectivity index (χ0) is 22.0. The Balaban J connectivity index is 2.49. The summed E-state index contributed by atoms with van der Waals surface area (Å²) in [5.41, 5.74) is 0. The van der Waals surface area contributed by atoms with Crippen LogP contribution < -0.4 is 0 Å². The Bertz CT molecular complexity index is 847. The van der Waals surface area contributed by atoms with Gasteiger partial charge in [0.2, 0.25) is 0 Å². The second-order valence-electron chi connectivity index (χ2n) is 8.53. The lowest BCUT2D eigenvalue weighted by molar-refractivity contribution is 0.0356. The highest BCUT2D eigenvalue weighted by atomic mass is 79.9. The molecule has 0 aliphatic heterocycles. The number of benzene rings is 1. The van der Waals surface area contributed by atoms with Crippen LogP contribution in [-0.2, 0) is 23.7 Å². The van der Waals surface area contributed by atoms with Crippen LogP contribution in [0.15, 0.2) is 47.4 Å². The van der Waals surface area contributed by atoms with Gasteiger partial charge < -0.3 is 13.9 Å². The van der Waals surface area contributed by atoms with Gasteiger partial charge in [-0.1, -0.05) is 61.0 Å². The molecule has 0 heterocycles. The van der Waals surface area contributed by atoms with E-state index >= 15 is 0 Å². The molecule has 1 aliphatic rings. The molecule has 9 heteroatoms. The van der Waals surface area contributed by atoms with Gasteiger partial charge in [-0.2, -0.15) is 0 Å². The van der Waals surface area contributed by atoms with Crippen molar-refractivity contribution in [2.75, 3.05) is 7.11 Å². The number of carbonyl (C=O) groups excluding carboxylic acids is 1. The summed E-state index contributed by atoms with van der Waals surface area (Å²) >= 11 is 3.55. The van der Waals surface area contributed by atoms with Crippen LogP contribution in [0.25, 0.3) is 0 Å². The van der Waals surface area contributed by atoms with E-state index in [1.54, 1.807) is 42.5 Å². The fraction of sp³-hybridized carbons (Fsp3) is 0.550. The number of ether oxygens (including phenoxy) is 2. The molecule has 0 fully saturated rings. The van der Waals surface area contributed by atoms with E-state index < -0.39 is 46.6 Å². The number of sulfone groups is 1. The van der Waals surface area contributed by atoms with E-state index in [0.717, 1.165) is 0 Å². The summed E-state index contributed by atoms with van der Waals surface area (Å²) in [5.74, 6) is 0. The summed E-state index contributed by atoms with van der Waals surface area (Å²) in [6.45, 7) is 10.4. The van der Waals surface area contributed by atoms with E-state index in [-0.39, 0.29) is 9.93 Å². The van der Waals surface area contributed by atoms with E-state index in [0.29, 0.717) is 0 Å². The van der Waals surface area contributed by atoms with E-state index in [1.165, 1.54) is 7.11 Å². The van der Waals surface area contributed by atoms with Crippen LogP contribution in [0.1, 0.15) is 20.8 Å². The van der Waals surface area contributed by atoms with E-state index in [2.05, 4.69) is 54.5 Å². The van der Waals surface area contributed by atoms with Crippen molar-refractivity contribution in [3.8, 4) is 0 Å². The number of alkyl halides is 1. The first kappa shape index (κ1) is 24.1.